The van der Waals surface area contributed by atoms with E-state index in [1.807, 2.05) is 4.90 Å². The van der Waals surface area contributed by atoms with Crippen LogP contribution in [0.4, 0.5) is 24.7 Å². The number of benzene rings is 1. The molecule has 4 heterocycles. The van der Waals surface area contributed by atoms with E-state index in [0.717, 1.165) is 31.0 Å². The standard InChI is InChI=1S/C29H36F3N7O2/c1-3-26(40)39-16-15-38(17-20(39)10-12-33)27-22-11-14-37(25-9-5-4-8-23(25)29(30,31)32)18-24(22)34-28(35-27)41-19-21-7-6-13-36(21)2/h3-5,8-9,20-21,26,40H,1,6-7,10-11,13-19H2,2H3/t20?,21-,26?/m0/s1. The highest BCUT2D eigenvalue weighted by Crippen LogP contribution is 2.39. The molecule has 0 amide bonds. The summed E-state index contributed by atoms with van der Waals surface area (Å²) in [5, 5.41) is 19.9. The molecule has 0 bridgehead atoms. The zero-order valence-corrected chi connectivity index (χ0v) is 23.2. The molecule has 1 aromatic heterocycles. The zero-order chi connectivity index (χ0) is 29.1. The summed E-state index contributed by atoms with van der Waals surface area (Å²) >= 11 is 0. The van der Waals surface area contributed by atoms with Crippen LogP contribution in [0.5, 0.6) is 6.01 Å². The van der Waals surface area contributed by atoms with Crippen LogP contribution in [-0.4, -0.2) is 89.6 Å². The SMILES string of the molecule is C=CC(O)N1CCN(c2nc(OC[C@@H]3CCCN3C)nc3c2CCN(c2ccccc2C(F)(F)F)C3)CC1CC#N. The fourth-order valence-corrected chi connectivity index (χ4v) is 6.10. The Morgan fingerprint density at radius 3 is 2.68 bits per heavy atom. The molecule has 0 radical (unpaired) electrons. The second-order valence-corrected chi connectivity index (χ2v) is 10.9. The molecule has 5 rings (SSSR count). The summed E-state index contributed by atoms with van der Waals surface area (Å²) in [5.74, 6) is 0.684. The van der Waals surface area contributed by atoms with Crippen molar-refractivity contribution in [3.63, 3.8) is 0 Å². The lowest BCUT2D eigenvalue weighted by Gasteiger charge is -2.43. The number of alkyl halides is 3. The van der Waals surface area contributed by atoms with Crippen LogP contribution in [0.3, 0.4) is 0 Å². The molecule has 3 aliphatic rings. The number of anilines is 2. The highest BCUT2D eigenvalue weighted by Gasteiger charge is 2.37. The summed E-state index contributed by atoms with van der Waals surface area (Å²) in [7, 11) is 2.06. The quantitative estimate of drug-likeness (QED) is 0.479. The molecule has 12 heteroatoms. The fourth-order valence-electron chi connectivity index (χ4n) is 6.10. The molecule has 220 valence electrons. The minimum atomic E-state index is -4.47. The van der Waals surface area contributed by atoms with Gasteiger partial charge in [0.2, 0.25) is 0 Å². The van der Waals surface area contributed by atoms with Gasteiger partial charge < -0.3 is 24.5 Å². The van der Waals surface area contributed by atoms with Gasteiger partial charge in [0.1, 0.15) is 18.7 Å². The largest absolute Gasteiger partial charge is 0.462 e. The van der Waals surface area contributed by atoms with Crippen LogP contribution < -0.4 is 14.5 Å². The Morgan fingerprint density at radius 1 is 1.17 bits per heavy atom. The van der Waals surface area contributed by atoms with E-state index in [1.165, 1.54) is 18.2 Å². The Hall–Kier alpha value is -3.40. The first-order valence-electron chi connectivity index (χ1n) is 14.0. The van der Waals surface area contributed by atoms with E-state index in [-0.39, 0.29) is 36.7 Å². The minimum absolute atomic E-state index is 0.127. The number of rotatable bonds is 8. The maximum atomic E-state index is 13.8. The molecular formula is C29H36F3N7O2. The van der Waals surface area contributed by atoms with Crippen molar-refractivity contribution in [2.24, 2.45) is 0 Å². The van der Waals surface area contributed by atoms with Gasteiger partial charge in [-0.1, -0.05) is 18.7 Å². The van der Waals surface area contributed by atoms with Crippen molar-refractivity contribution >= 4 is 11.5 Å². The normalized spacial score (nSPS) is 22.7. The van der Waals surface area contributed by atoms with E-state index in [2.05, 4.69) is 29.5 Å². The summed E-state index contributed by atoms with van der Waals surface area (Å²) in [6.07, 6.45) is -1.10. The molecular weight excluding hydrogens is 535 g/mol. The van der Waals surface area contributed by atoms with Crippen LogP contribution >= 0.6 is 0 Å². The van der Waals surface area contributed by atoms with Crippen molar-refractivity contribution in [1.82, 2.24) is 19.8 Å². The van der Waals surface area contributed by atoms with Crippen LogP contribution in [0.1, 0.15) is 36.1 Å². The van der Waals surface area contributed by atoms with Crippen LogP contribution in [-0.2, 0) is 19.1 Å². The number of halogens is 3. The molecule has 0 saturated carbocycles. The third-order valence-electron chi connectivity index (χ3n) is 8.35. The maximum Gasteiger partial charge on any atom is 0.418 e. The van der Waals surface area contributed by atoms with E-state index < -0.39 is 18.0 Å². The Bertz CT molecular complexity index is 1280. The van der Waals surface area contributed by atoms with Gasteiger partial charge >= 0.3 is 12.2 Å². The Labute approximate surface area is 238 Å². The number of likely N-dealkylation sites (N-methyl/N-ethyl adjacent to an activating group) is 1. The number of hydrogen-bond donors (Lipinski definition) is 1. The van der Waals surface area contributed by atoms with Crippen LogP contribution in [0.25, 0.3) is 0 Å². The van der Waals surface area contributed by atoms with Gasteiger partial charge in [-0.15, -0.1) is 0 Å². The number of nitriles is 1. The van der Waals surface area contributed by atoms with Gasteiger partial charge in [0.05, 0.1) is 30.3 Å². The molecule has 2 saturated heterocycles. The number of fused-ring (bicyclic) bond motifs is 1. The Kier molecular flexibility index (Phi) is 8.68. The highest BCUT2D eigenvalue weighted by molar-refractivity contribution is 5.59. The number of aromatic nitrogens is 2. The molecule has 3 aliphatic heterocycles. The number of nitrogens with zero attached hydrogens (tertiary/aromatic N) is 7. The van der Waals surface area contributed by atoms with E-state index in [0.29, 0.717) is 50.7 Å². The monoisotopic (exact) mass is 571 g/mol. The molecule has 2 unspecified atom stereocenters. The van der Waals surface area contributed by atoms with Crippen LogP contribution in [0.2, 0.25) is 0 Å². The first kappa shape index (κ1) is 29.1. The predicted molar refractivity (Wildman–Crippen MR) is 149 cm³/mol. The van der Waals surface area contributed by atoms with Crippen LogP contribution in [0, 0.1) is 11.3 Å². The van der Waals surface area contributed by atoms with Gasteiger partial charge in [-0.25, -0.2) is 0 Å². The van der Waals surface area contributed by atoms with Crippen LogP contribution in [0.15, 0.2) is 36.9 Å². The molecule has 0 aliphatic carbocycles. The molecule has 0 spiro atoms. The summed E-state index contributed by atoms with van der Waals surface area (Å²) in [6.45, 7) is 7.16. The topological polar surface area (TPSA) is 92.0 Å². The number of hydrogen-bond acceptors (Lipinski definition) is 9. The van der Waals surface area contributed by atoms with Gasteiger partial charge in [0, 0.05) is 49.5 Å². The van der Waals surface area contributed by atoms with E-state index in [9.17, 15) is 23.5 Å². The second kappa shape index (κ2) is 12.2. The van der Waals surface area contributed by atoms with Crippen molar-refractivity contribution in [3.8, 4) is 12.1 Å². The summed E-state index contributed by atoms with van der Waals surface area (Å²) < 4.78 is 47.6. The number of para-hydroxylation sites is 1. The molecule has 2 aromatic rings. The van der Waals surface area contributed by atoms with Crippen molar-refractivity contribution in [2.45, 2.75) is 56.7 Å². The minimum Gasteiger partial charge on any atom is -0.462 e. The van der Waals surface area contributed by atoms with Crippen molar-refractivity contribution in [2.75, 3.05) is 56.2 Å². The summed E-state index contributed by atoms with van der Waals surface area (Å²) in [5.41, 5.74) is 0.972. The number of likely N-dealkylation sites (tertiary alicyclic amines) is 1. The first-order valence-corrected chi connectivity index (χ1v) is 14.0. The number of aliphatic hydroxyl groups excluding tert-OH is 1. The number of aliphatic hydroxyl groups is 1. The van der Waals surface area contributed by atoms with E-state index >= 15 is 0 Å². The van der Waals surface area contributed by atoms with Crippen molar-refractivity contribution < 1.29 is 23.0 Å². The molecule has 1 aromatic carbocycles. The average Bonchev–Trinajstić information content (AvgIpc) is 3.39. The lowest BCUT2D eigenvalue weighted by Crippen LogP contribution is -2.56. The molecule has 2 fully saturated rings. The van der Waals surface area contributed by atoms with Gasteiger partial charge in [-0.05, 0) is 51.1 Å². The smallest absolute Gasteiger partial charge is 0.418 e. The van der Waals surface area contributed by atoms with Crippen molar-refractivity contribution in [1.29, 1.82) is 5.26 Å². The second-order valence-electron chi connectivity index (χ2n) is 10.9. The summed E-state index contributed by atoms with van der Waals surface area (Å²) in [6, 6.07) is 8.04. The molecule has 3 atom stereocenters. The first-order chi connectivity index (χ1) is 19.7. The lowest BCUT2D eigenvalue weighted by atomic mass is 10.0. The lowest BCUT2D eigenvalue weighted by molar-refractivity contribution is -0.137. The third-order valence-corrected chi connectivity index (χ3v) is 8.35. The average molecular weight is 572 g/mol. The molecule has 9 nitrogen and oxygen atoms in total. The molecule has 1 N–H and O–H groups in total. The van der Waals surface area contributed by atoms with Gasteiger partial charge in [-0.2, -0.15) is 28.4 Å². The van der Waals surface area contributed by atoms with Crippen molar-refractivity contribution in [3.05, 3.63) is 53.7 Å². The van der Waals surface area contributed by atoms with E-state index in [4.69, 9.17) is 14.7 Å². The van der Waals surface area contributed by atoms with Gasteiger partial charge in [0.15, 0.2) is 0 Å². The zero-order valence-electron chi connectivity index (χ0n) is 23.2. The third kappa shape index (κ3) is 6.27. The van der Waals surface area contributed by atoms with E-state index in [1.54, 1.807) is 11.0 Å². The van der Waals surface area contributed by atoms with Gasteiger partial charge in [-0.3, -0.25) is 4.90 Å². The molecule has 41 heavy (non-hydrogen) atoms. The highest BCUT2D eigenvalue weighted by atomic mass is 19.4. The predicted octanol–water partition coefficient (Wildman–Crippen LogP) is 3.44. The number of ether oxygens (including phenoxy) is 1. The number of piperazine rings is 1. The van der Waals surface area contributed by atoms with Gasteiger partial charge in [0.25, 0.3) is 0 Å². The Balaban J connectivity index is 1.47. The maximum absolute atomic E-state index is 13.8. The summed E-state index contributed by atoms with van der Waals surface area (Å²) in [4.78, 5) is 17.4. The fraction of sp³-hybridized carbons (Fsp3) is 0.552. The Morgan fingerprint density at radius 2 is 1.98 bits per heavy atom.